The quantitative estimate of drug-likeness (QED) is 0.627. The smallest absolute Gasteiger partial charge is 0.295 e. The van der Waals surface area contributed by atoms with Crippen molar-refractivity contribution < 1.29 is 22.7 Å². The van der Waals surface area contributed by atoms with E-state index in [-0.39, 0.29) is 10.6 Å². The van der Waals surface area contributed by atoms with Crippen LogP contribution in [0.15, 0.2) is 94.4 Å². The van der Waals surface area contributed by atoms with Crippen molar-refractivity contribution in [2.45, 2.75) is 10.9 Å². The van der Waals surface area contributed by atoms with Crippen LogP contribution >= 0.6 is 0 Å². The molecule has 0 aromatic heterocycles. The van der Waals surface area contributed by atoms with Crippen LogP contribution < -0.4 is 9.80 Å². The SMILES string of the molecule is CN(C)c1ccc([C@H]2C(S(=O)(=O)c3ccccc3)=C(O)C(=O)N2c2ccc(F)cc2)cc1. The summed E-state index contributed by atoms with van der Waals surface area (Å²) in [5.74, 6) is -2.21. The highest BCUT2D eigenvalue weighted by atomic mass is 32.2. The third-order valence-corrected chi connectivity index (χ3v) is 7.22. The summed E-state index contributed by atoms with van der Waals surface area (Å²) in [6.45, 7) is 0. The van der Waals surface area contributed by atoms with E-state index in [4.69, 9.17) is 0 Å². The first-order valence-corrected chi connectivity index (χ1v) is 11.3. The Kier molecular flexibility index (Phi) is 5.48. The average molecular weight is 453 g/mol. The van der Waals surface area contributed by atoms with Gasteiger partial charge < -0.3 is 10.0 Å². The number of rotatable bonds is 5. The van der Waals surface area contributed by atoms with Gasteiger partial charge in [-0.05, 0) is 54.1 Å². The van der Waals surface area contributed by atoms with Gasteiger partial charge in [0.05, 0.1) is 4.90 Å². The number of nitrogens with zero attached hydrogens (tertiary/aromatic N) is 2. The normalized spacial score (nSPS) is 16.5. The van der Waals surface area contributed by atoms with Gasteiger partial charge in [-0.3, -0.25) is 9.69 Å². The highest BCUT2D eigenvalue weighted by Gasteiger charge is 2.47. The number of halogens is 1. The molecule has 0 unspecified atom stereocenters. The molecule has 1 amide bonds. The molecule has 1 atom stereocenters. The van der Waals surface area contributed by atoms with Crippen molar-refractivity contribution in [1.82, 2.24) is 0 Å². The van der Waals surface area contributed by atoms with Gasteiger partial charge in [0.15, 0.2) is 5.76 Å². The van der Waals surface area contributed by atoms with Crippen molar-refractivity contribution in [3.63, 3.8) is 0 Å². The molecule has 0 aliphatic carbocycles. The summed E-state index contributed by atoms with van der Waals surface area (Å²) < 4.78 is 40.5. The molecule has 3 aromatic rings. The Hall–Kier alpha value is -3.65. The van der Waals surface area contributed by atoms with Gasteiger partial charge in [-0.15, -0.1) is 0 Å². The second-order valence-electron chi connectivity index (χ2n) is 7.57. The van der Waals surface area contributed by atoms with E-state index >= 15 is 0 Å². The van der Waals surface area contributed by atoms with E-state index in [1.165, 1.54) is 41.3 Å². The Morgan fingerprint density at radius 1 is 0.906 bits per heavy atom. The van der Waals surface area contributed by atoms with E-state index in [9.17, 15) is 22.7 Å². The largest absolute Gasteiger partial charge is 0.502 e. The molecule has 1 N–H and O–H groups in total. The first kappa shape index (κ1) is 21.6. The average Bonchev–Trinajstić information content (AvgIpc) is 3.06. The summed E-state index contributed by atoms with van der Waals surface area (Å²) in [4.78, 5) is 15.7. The van der Waals surface area contributed by atoms with Crippen molar-refractivity contribution in [2.24, 2.45) is 0 Å². The molecule has 0 bridgehead atoms. The zero-order valence-electron chi connectivity index (χ0n) is 17.4. The molecule has 6 nitrogen and oxygen atoms in total. The third kappa shape index (κ3) is 3.62. The zero-order valence-corrected chi connectivity index (χ0v) is 18.3. The minimum atomic E-state index is -4.21. The van der Waals surface area contributed by atoms with Gasteiger partial charge in [-0.1, -0.05) is 30.3 Å². The van der Waals surface area contributed by atoms with Crippen molar-refractivity contribution in [1.29, 1.82) is 0 Å². The Bertz CT molecular complexity index is 1290. The van der Waals surface area contributed by atoms with Gasteiger partial charge in [0, 0.05) is 25.5 Å². The Morgan fingerprint density at radius 2 is 1.50 bits per heavy atom. The second kappa shape index (κ2) is 8.12. The van der Waals surface area contributed by atoms with E-state index in [1.54, 1.807) is 42.5 Å². The number of benzene rings is 3. The highest BCUT2D eigenvalue weighted by Crippen LogP contribution is 2.45. The first-order chi connectivity index (χ1) is 15.2. The summed E-state index contributed by atoms with van der Waals surface area (Å²) >= 11 is 0. The van der Waals surface area contributed by atoms with E-state index in [1.807, 2.05) is 19.0 Å². The van der Waals surface area contributed by atoms with Gasteiger partial charge in [0.1, 0.15) is 16.8 Å². The molecule has 8 heteroatoms. The number of aliphatic hydroxyl groups is 1. The monoisotopic (exact) mass is 452 g/mol. The van der Waals surface area contributed by atoms with Crippen LogP contribution in [0.1, 0.15) is 11.6 Å². The fraction of sp³-hybridized carbons (Fsp3) is 0.125. The number of carbonyl (C=O) groups excluding carboxylic acids is 1. The molecule has 1 heterocycles. The maximum Gasteiger partial charge on any atom is 0.295 e. The lowest BCUT2D eigenvalue weighted by Gasteiger charge is -2.27. The lowest BCUT2D eigenvalue weighted by Crippen LogP contribution is -2.31. The maximum atomic E-state index is 13.5. The van der Waals surface area contributed by atoms with Crippen LogP contribution in [0.25, 0.3) is 0 Å². The molecule has 32 heavy (non-hydrogen) atoms. The fourth-order valence-corrected chi connectivity index (χ4v) is 5.35. The fourth-order valence-electron chi connectivity index (χ4n) is 3.71. The molecule has 0 spiro atoms. The number of hydrogen-bond donors (Lipinski definition) is 1. The Balaban J connectivity index is 1.92. The minimum absolute atomic E-state index is 0.0368. The third-order valence-electron chi connectivity index (χ3n) is 5.33. The molecule has 0 saturated heterocycles. The number of aliphatic hydroxyl groups excluding tert-OH is 1. The van der Waals surface area contributed by atoms with Crippen molar-refractivity contribution >= 4 is 27.1 Å². The van der Waals surface area contributed by atoms with E-state index in [2.05, 4.69) is 0 Å². The predicted molar refractivity (Wildman–Crippen MR) is 121 cm³/mol. The summed E-state index contributed by atoms with van der Waals surface area (Å²) in [5.41, 5.74) is 1.64. The van der Waals surface area contributed by atoms with Crippen LogP contribution in [0.5, 0.6) is 0 Å². The van der Waals surface area contributed by atoms with E-state index in [0.29, 0.717) is 5.56 Å². The lowest BCUT2D eigenvalue weighted by molar-refractivity contribution is -0.117. The number of sulfone groups is 1. The molecular formula is C24H21FN2O4S. The van der Waals surface area contributed by atoms with Crippen molar-refractivity contribution in [3.05, 3.63) is 101 Å². The maximum absolute atomic E-state index is 13.5. The van der Waals surface area contributed by atoms with Crippen LogP contribution in [-0.2, 0) is 14.6 Å². The van der Waals surface area contributed by atoms with Gasteiger partial charge in [0.25, 0.3) is 5.91 Å². The Morgan fingerprint density at radius 3 is 2.06 bits per heavy atom. The number of amides is 1. The molecule has 0 saturated carbocycles. The Labute approximate surface area is 185 Å². The highest BCUT2D eigenvalue weighted by molar-refractivity contribution is 7.95. The molecule has 4 rings (SSSR count). The van der Waals surface area contributed by atoms with Crippen LogP contribution in [0, 0.1) is 5.82 Å². The second-order valence-corrected chi connectivity index (χ2v) is 9.49. The minimum Gasteiger partial charge on any atom is -0.502 e. The summed E-state index contributed by atoms with van der Waals surface area (Å²) in [5, 5.41) is 10.7. The number of anilines is 2. The topological polar surface area (TPSA) is 77.9 Å². The molecule has 3 aromatic carbocycles. The van der Waals surface area contributed by atoms with Gasteiger partial charge >= 0.3 is 0 Å². The van der Waals surface area contributed by atoms with E-state index in [0.717, 1.165) is 5.69 Å². The first-order valence-electron chi connectivity index (χ1n) is 9.81. The van der Waals surface area contributed by atoms with Crippen LogP contribution in [0.2, 0.25) is 0 Å². The summed E-state index contributed by atoms with van der Waals surface area (Å²) in [6, 6.07) is 18.6. The van der Waals surface area contributed by atoms with Crippen LogP contribution in [0.3, 0.4) is 0 Å². The van der Waals surface area contributed by atoms with Gasteiger partial charge in [-0.2, -0.15) is 0 Å². The summed E-state index contributed by atoms with van der Waals surface area (Å²) in [6.07, 6.45) is 0. The molecule has 1 aliphatic heterocycles. The molecule has 0 fully saturated rings. The summed E-state index contributed by atoms with van der Waals surface area (Å²) in [7, 11) is -0.469. The standard InChI is InChI=1S/C24H21FN2O4S/c1-26(2)18-12-8-16(9-13-18)21-23(32(30,31)20-6-4-3-5-7-20)22(28)24(29)27(21)19-14-10-17(25)11-15-19/h3-15,21,28H,1-2H3/t21-/m0/s1. The van der Waals surface area contributed by atoms with E-state index < -0.39 is 38.3 Å². The predicted octanol–water partition coefficient (Wildman–Crippen LogP) is 4.22. The number of hydrogen-bond acceptors (Lipinski definition) is 5. The van der Waals surface area contributed by atoms with Crippen LogP contribution in [0.4, 0.5) is 15.8 Å². The molecule has 164 valence electrons. The zero-order chi connectivity index (χ0) is 23.0. The van der Waals surface area contributed by atoms with Gasteiger partial charge in [-0.25, -0.2) is 12.8 Å². The van der Waals surface area contributed by atoms with Crippen molar-refractivity contribution in [3.8, 4) is 0 Å². The number of carbonyl (C=O) groups is 1. The van der Waals surface area contributed by atoms with Crippen molar-refractivity contribution in [2.75, 3.05) is 23.9 Å². The van der Waals surface area contributed by atoms with Crippen LogP contribution in [-0.4, -0.2) is 33.5 Å². The lowest BCUT2D eigenvalue weighted by atomic mass is 10.1. The molecular weight excluding hydrogens is 431 g/mol. The molecule has 0 radical (unpaired) electrons. The molecule has 1 aliphatic rings. The van der Waals surface area contributed by atoms with Gasteiger partial charge in [0.2, 0.25) is 9.84 Å².